The van der Waals surface area contributed by atoms with Crippen molar-refractivity contribution in [1.29, 1.82) is 0 Å². The topological polar surface area (TPSA) is 88.3 Å². The normalized spacial score (nSPS) is 12.0. The molecule has 35 heavy (non-hydrogen) atoms. The van der Waals surface area contributed by atoms with Gasteiger partial charge in [0.2, 0.25) is 0 Å². The number of carbonyl (C=O) groups excluding carboxylic acids is 1. The molecule has 4 aromatic rings. The van der Waals surface area contributed by atoms with Gasteiger partial charge in [0.25, 0.3) is 10.0 Å². The summed E-state index contributed by atoms with van der Waals surface area (Å²) in [6.45, 7) is 10.2. The first-order chi connectivity index (χ1) is 16.5. The molecule has 0 bridgehead atoms. The number of aromatic amines is 1. The fourth-order valence-corrected chi connectivity index (χ4v) is 5.14. The van der Waals surface area contributed by atoms with Crippen molar-refractivity contribution in [1.82, 2.24) is 4.98 Å². The van der Waals surface area contributed by atoms with E-state index in [1.54, 1.807) is 37.3 Å². The Morgan fingerprint density at radius 1 is 1.00 bits per heavy atom. The first-order valence-electron chi connectivity index (χ1n) is 11.5. The number of ether oxygens (including phenoxy) is 1. The summed E-state index contributed by atoms with van der Waals surface area (Å²) in [5, 5.41) is 0.727. The SMILES string of the molecule is CCOC(=O)c1[nH]c2ccc(NS(=O)(=O)c3ccc(C(C)(C)C)cc3)cc2c1-c1ccccc1C. The van der Waals surface area contributed by atoms with Crippen LogP contribution in [-0.2, 0) is 20.2 Å². The zero-order chi connectivity index (χ0) is 25.4. The minimum absolute atomic E-state index is 0.0718. The Bertz CT molecular complexity index is 1490. The number of carbonyl (C=O) groups is 1. The molecule has 0 saturated heterocycles. The molecule has 6 nitrogen and oxygen atoms in total. The van der Waals surface area contributed by atoms with Gasteiger partial charge in [-0.05, 0) is 66.3 Å². The van der Waals surface area contributed by atoms with Gasteiger partial charge in [-0.1, -0.05) is 57.2 Å². The van der Waals surface area contributed by atoms with Gasteiger partial charge < -0.3 is 9.72 Å². The average molecular weight is 491 g/mol. The maximum absolute atomic E-state index is 13.1. The molecule has 1 heterocycles. The first kappa shape index (κ1) is 24.5. The molecule has 0 amide bonds. The summed E-state index contributed by atoms with van der Waals surface area (Å²) in [7, 11) is -3.80. The van der Waals surface area contributed by atoms with Crippen LogP contribution in [0.1, 0.15) is 49.3 Å². The van der Waals surface area contributed by atoms with Crippen LogP contribution >= 0.6 is 0 Å². The smallest absolute Gasteiger partial charge is 0.355 e. The van der Waals surface area contributed by atoms with Gasteiger partial charge in [0, 0.05) is 22.2 Å². The zero-order valence-electron chi connectivity index (χ0n) is 20.6. The van der Waals surface area contributed by atoms with Crippen LogP contribution in [0.15, 0.2) is 71.6 Å². The zero-order valence-corrected chi connectivity index (χ0v) is 21.4. The lowest BCUT2D eigenvalue weighted by Crippen LogP contribution is -2.14. The largest absolute Gasteiger partial charge is 0.461 e. The lowest BCUT2D eigenvalue weighted by molar-refractivity contribution is 0.0521. The van der Waals surface area contributed by atoms with Gasteiger partial charge in [0.05, 0.1) is 11.5 Å². The van der Waals surface area contributed by atoms with Crippen molar-refractivity contribution < 1.29 is 17.9 Å². The standard InChI is InChI=1S/C28H30N2O4S/c1-6-34-27(31)26-25(22-10-8-7-9-18(22)2)23-17-20(13-16-24(23)29-26)30-35(32,33)21-14-11-19(12-15-21)28(3,4)5/h7-17,29-30H,6H2,1-5H3. The van der Waals surface area contributed by atoms with Crippen molar-refractivity contribution in [3.8, 4) is 11.1 Å². The summed E-state index contributed by atoms with van der Waals surface area (Å²) in [5.74, 6) is -0.456. The number of rotatable bonds is 6. The second-order valence-corrected chi connectivity index (χ2v) is 11.2. The average Bonchev–Trinajstić information content (AvgIpc) is 3.17. The molecule has 0 saturated carbocycles. The number of H-pyrrole nitrogens is 1. The molecule has 0 spiro atoms. The van der Waals surface area contributed by atoms with E-state index in [0.29, 0.717) is 22.5 Å². The molecular weight excluding hydrogens is 460 g/mol. The van der Waals surface area contributed by atoms with E-state index in [2.05, 4.69) is 30.5 Å². The van der Waals surface area contributed by atoms with E-state index in [9.17, 15) is 13.2 Å². The molecule has 182 valence electrons. The third-order valence-corrected chi connectivity index (χ3v) is 7.37. The molecule has 2 N–H and O–H groups in total. The molecule has 3 aromatic carbocycles. The predicted molar refractivity (Wildman–Crippen MR) is 140 cm³/mol. The number of anilines is 1. The van der Waals surface area contributed by atoms with Gasteiger partial charge >= 0.3 is 5.97 Å². The highest BCUT2D eigenvalue weighted by molar-refractivity contribution is 7.92. The Morgan fingerprint density at radius 2 is 1.69 bits per heavy atom. The summed E-state index contributed by atoms with van der Waals surface area (Å²) < 4.78 is 34.2. The highest BCUT2D eigenvalue weighted by atomic mass is 32.2. The van der Waals surface area contributed by atoms with Crippen LogP contribution in [0.5, 0.6) is 0 Å². The van der Waals surface area contributed by atoms with Gasteiger partial charge in [-0.3, -0.25) is 4.72 Å². The Kier molecular flexibility index (Phi) is 6.47. The number of sulfonamides is 1. The van der Waals surface area contributed by atoms with Gasteiger partial charge in [0.15, 0.2) is 0 Å². The summed E-state index contributed by atoms with van der Waals surface area (Å²) >= 11 is 0. The van der Waals surface area contributed by atoms with Crippen LogP contribution in [0.4, 0.5) is 5.69 Å². The fourth-order valence-electron chi connectivity index (χ4n) is 4.09. The molecule has 0 unspecified atom stereocenters. The number of aromatic nitrogens is 1. The van der Waals surface area contributed by atoms with E-state index in [1.165, 1.54) is 0 Å². The van der Waals surface area contributed by atoms with Crippen molar-refractivity contribution in [2.24, 2.45) is 0 Å². The molecule has 0 radical (unpaired) electrons. The van der Waals surface area contributed by atoms with E-state index >= 15 is 0 Å². The van der Waals surface area contributed by atoms with E-state index in [4.69, 9.17) is 4.74 Å². The Labute approximate surface area is 206 Å². The quantitative estimate of drug-likeness (QED) is 0.305. The fraction of sp³-hybridized carbons (Fsp3) is 0.250. The molecule has 1 aromatic heterocycles. The number of hydrogen-bond donors (Lipinski definition) is 2. The lowest BCUT2D eigenvalue weighted by atomic mass is 9.87. The maximum atomic E-state index is 13.1. The highest BCUT2D eigenvalue weighted by Gasteiger charge is 2.23. The van der Waals surface area contributed by atoms with E-state index in [1.807, 2.05) is 43.3 Å². The van der Waals surface area contributed by atoms with Crippen molar-refractivity contribution in [3.05, 3.63) is 83.6 Å². The second-order valence-electron chi connectivity index (χ2n) is 9.55. The van der Waals surface area contributed by atoms with E-state index < -0.39 is 16.0 Å². The summed E-state index contributed by atoms with van der Waals surface area (Å²) in [6, 6.07) is 19.9. The summed E-state index contributed by atoms with van der Waals surface area (Å²) in [5.41, 5.74) is 4.99. The van der Waals surface area contributed by atoms with Gasteiger partial charge in [-0.25, -0.2) is 13.2 Å². The molecule has 0 aliphatic rings. The number of aryl methyl sites for hydroxylation is 1. The highest BCUT2D eigenvalue weighted by Crippen LogP contribution is 2.36. The van der Waals surface area contributed by atoms with Crippen LogP contribution in [0, 0.1) is 6.92 Å². The van der Waals surface area contributed by atoms with Crippen LogP contribution in [0.2, 0.25) is 0 Å². The molecule has 7 heteroatoms. The Balaban J connectivity index is 1.78. The van der Waals surface area contributed by atoms with Crippen LogP contribution in [0.25, 0.3) is 22.0 Å². The van der Waals surface area contributed by atoms with Gasteiger partial charge in [-0.15, -0.1) is 0 Å². The molecule has 0 atom stereocenters. The Morgan fingerprint density at radius 3 is 2.31 bits per heavy atom. The number of esters is 1. The summed E-state index contributed by atoms with van der Waals surface area (Å²) in [6.07, 6.45) is 0. The van der Waals surface area contributed by atoms with Crippen molar-refractivity contribution >= 4 is 32.6 Å². The van der Waals surface area contributed by atoms with Crippen LogP contribution in [-0.4, -0.2) is 26.0 Å². The third kappa shape index (κ3) is 4.95. The predicted octanol–water partition coefficient (Wildman–Crippen LogP) is 6.42. The number of benzene rings is 3. The van der Waals surface area contributed by atoms with Gasteiger partial charge in [-0.2, -0.15) is 0 Å². The minimum Gasteiger partial charge on any atom is -0.461 e. The van der Waals surface area contributed by atoms with Gasteiger partial charge in [0.1, 0.15) is 5.69 Å². The maximum Gasteiger partial charge on any atom is 0.355 e. The number of fused-ring (bicyclic) bond motifs is 1. The molecule has 0 fully saturated rings. The third-order valence-electron chi connectivity index (χ3n) is 5.98. The van der Waals surface area contributed by atoms with Crippen molar-refractivity contribution in [2.75, 3.05) is 11.3 Å². The Hall–Kier alpha value is -3.58. The lowest BCUT2D eigenvalue weighted by Gasteiger charge is -2.19. The molecular formula is C28H30N2O4S. The second kappa shape index (κ2) is 9.23. The summed E-state index contributed by atoms with van der Waals surface area (Å²) in [4.78, 5) is 16.1. The number of nitrogens with one attached hydrogen (secondary N) is 2. The van der Waals surface area contributed by atoms with Crippen molar-refractivity contribution in [2.45, 2.75) is 44.9 Å². The minimum atomic E-state index is -3.80. The van der Waals surface area contributed by atoms with E-state index in [-0.39, 0.29) is 16.9 Å². The first-order valence-corrected chi connectivity index (χ1v) is 13.0. The molecule has 0 aliphatic heterocycles. The molecule has 0 aliphatic carbocycles. The van der Waals surface area contributed by atoms with Crippen LogP contribution < -0.4 is 4.72 Å². The van der Waals surface area contributed by atoms with E-state index in [0.717, 1.165) is 22.1 Å². The number of hydrogen-bond acceptors (Lipinski definition) is 4. The van der Waals surface area contributed by atoms with Crippen LogP contribution in [0.3, 0.4) is 0 Å². The monoisotopic (exact) mass is 490 g/mol. The van der Waals surface area contributed by atoms with Crippen molar-refractivity contribution in [3.63, 3.8) is 0 Å². The molecule has 4 rings (SSSR count).